The van der Waals surface area contributed by atoms with Crippen molar-refractivity contribution in [3.8, 4) is 5.75 Å². The van der Waals surface area contributed by atoms with E-state index in [1.165, 1.54) is 36.1 Å². The lowest BCUT2D eigenvalue weighted by atomic mass is 10.0. The van der Waals surface area contributed by atoms with Gasteiger partial charge < -0.3 is 53.0 Å². The van der Waals surface area contributed by atoms with E-state index in [4.69, 9.17) is 11.5 Å². The van der Waals surface area contributed by atoms with Gasteiger partial charge in [-0.05, 0) is 37.5 Å². The molecule has 1 aliphatic heterocycles. The zero-order valence-electron chi connectivity index (χ0n) is 22.5. The Balaban J connectivity index is 2.04. The molecule has 16 heteroatoms. The van der Waals surface area contributed by atoms with Gasteiger partial charge in [-0.15, -0.1) is 0 Å². The largest absolute Gasteiger partial charge is 0.508 e. The molecule has 1 unspecified atom stereocenters. The van der Waals surface area contributed by atoms with Crippen LogP contribution in [-0.4, -0.2) is 112 Å². The Morgan fingerprint density at radius 3 is 2.12 bits per heavy atom. The van der Waals surface area contributed by atoms with Crippen LogP contribution in [-0.2, 0) is 35.2 Å². The minimum Gasteiger partial charge on any atom is -0.508 e. The van der Waals surface area contributed by atoms with Gasteiger partial charge >= 0.3 is 0 Å². The summed E-state index contributed by atoms with van der Waals surface area (Å²) < 4.78 is 0. The van der Waals surface area contributed by atoms with Crippen molar-refractivity contribution in [2.45, 2.75) is 56.4 Å². The average Bonchev–Trinajstić information content (AvgIpc) is 3.43. The van der Waals surface area contributed by atoms with E-state index in [9.17, 15) is 44.1 Å². The molecule has 11 N–H and O–H groups in total. The van der Waals surface area contributed by atoms with Crippen LogP contribution in [0.5, 0.6) is 5.75 Å². The third-order valence-corrected chi connectivity index (χ3v) is 6.34. The lowest BCUT2D eigenvalue weighted by Gasteiger charge is -2.28. The van der Waals surface area contributed by atoms with Crippen molar-refractivity contribution < 1.29 is 44.1 Å². The molecule has 1 aromatic carbocycles. The topological polar surface area (TPSA) is 267 Å². The van der Waals surface area contributed by atoms with Gasteiger partial charge in [0.15, 0.2) is 0 Å². The summed E-state index contributed by atoms with van der Waals surface area (Å²) in [6.07, 6.45) is 0.680. The number of primary amides is 1. The van der Waals surface area contributed by atoms with Gasteiger partial charge in [-0.3, -0.25) is 28.8 Å². The highest BCUT2D eigenvalue weighted by Crippen LogP contribution is 2.18. The van der Waals surface area contributed by atoms with E-state index < -0.39 is 85.4 Å². The zero-order chi connectivity index (χ0) is 30.7. The first kappa shape index (κ1) is 32.9. The second-order valence-electron chi connectivity index (χ2n) is 9.58. The molecule has 1 aliphatic rings. The number of nitrogens with zero attached hydrogens (tertiary/aromatic N) is 1. The van der Waals surface area contributed by atoms with Crippen LogP contribution in [0.1, 0.15) is 25.3 Å². The van der Waals surface area contributed by atoms with Crippen LogP contribution in [0.4, 0.5) is 0 Å². The number of phenolic OH excluding ortho intramolecular Hbond substituents is 1. The first-order valence-electron chi connectivity index (χ1n) is 12.9. The van der Waals surface area contributed by atoms with Gasteiger partial charge in [0.2, 0.25) is 35.4 Å². The van der Waals surface area contributed by atoms with E-state index in [1.54, 1.807) is 0 Å². The number of rotatable bonds is 14. The molecule has 226 valence electrons. The van der Waals surface area contributed by atoms with E-state index in [-0.39, 0.29) is 25.1 Å². The Kier molecular flexibility index (Phi) is 12.4. The summed E-state index contributed by atoms with van der Waals surface area (Å²) in [5.41, 5.74) is 11.2. The smallest absolute Gasteiger partial charge is 0.248 e. The number of phenols is 1. The van der Waals surface area contributed by atoms with Crippen molar-refractivity contribution >= 4 is 35.4 Å². The Labute approximate surface area is 235 Å². The Morgan fingerprint density at radius 2 is 1.56 bits per heavy atom. The molecule has 5 atom stereocenters. The maximum absolute atomic E-state index is 12.9. The molecular weight excluding hydrogens is 542 g/mol. The van der Waals surface area contributed by atoms with Crippen LogP contribution in [0.15, 0.2) is 24.3 Å². The molecule has 1 fully saturated rings. The van der Waals surface area contributed by atoms with Crippen LogP contribution in [0.2, 0.25) is 0 Å². The number of benzene rings is 1. The fraction of sp³-hybridized carbons (Fsp3) is 0.520. The number of nitrogens with two attached hydrogens (primary N) is 2. The molecule has 1 aromatic rings. The zero-order valence-corrected chi connectivity index (χ0v) is 22.5. The molecule has 0 saturated carbocycles. The Morgan fingerprint density at radius 1 is 0.951 bits per heavy atom. The lowest BCUT2D eigenvalue weighted by molar-refractivity contribution is -0.142. The molecule has 6 amide bonds. The van der Waals surface area contributed by atoms with E-state index in [0.717, 1.165) is 0 Å². The number of aliphatic hydroxyl groups is 2. The summed E-state index contributed by atoms with van der Waals surface area (Å²) in [5, 5.41) is 37.9. The molecule has 0 aromatic heterocycles. The van der Waals surface area contributed by atoms with Gasteiger partial charge in [-0.2, -0.15) is 0 Å². The Hall–Kier alpha value is -4.28. The number of carbonyl (C=O) groups excluding carboxylic acids is 6. The van der Waals surface area contributed by atoms with Crippen molar-refractivity contribution in [1.29, 1.82) is 0 Å². The van der Waals surface area contributed by atoms with E-state index >= 15 is 0 Å². The molecule has 41 heavy (non-hydrogen) atoms. The SMILES string of the molecule is C[C@H](N)C(=O)N[C@@H](CO)C(=O)N1CCC[C@H]1C(=O)NCC(=O)NC(Cc1ccc(O)cc1)C(=O)N[C@@H](CO)C(N)=O. The minimum atomic E-state index is -1.40. The molecular formula is C25H37N7O9. The Bertz CT molecular complexity index is 1110. The summed E-state index contributed by atoms with van der Waals surface area (Å²) in [5.74, 6) is -4.59. The van der Waals surface area contributed by atoms with E-state index in [2.05, 4.69) is 21.3 Å². The highest BCUT2D eigenvalue weighted by atomic mass is 16.3. The number of aromatic hydroxyl groups is 1. The summed E-state index contributed by atoms with van der Waals surface area (Å²) in [6.45, 7) is -0.441. The van der Waals surface area contributed by atoms with Crippen molar-refractivity contribution in [3.63, 3.8) is 0 Å². The van der Waals surface area contributed by atoms with Crippen LogP contribution in [0.25, 0.3) is 0 Å². The molecule has 2 rings (SSSR count). The predicted octanol–water partition coefficient (Wildman–Crippen LogP) is -4.69. The van der Waals surface area contributed by atoms with Crippen molar-refractivity contribution in [1.82, 2.24) is 26.2 Å². The first-order chi connectivity index (χ1) is 19.4. The second-order valence-corrected chi connectivity index (χ2v) is 9.58. The van der Waals surface area contributed by atoms with Crippen LogP contribution in [0, 0.1) is 0 Å². The van der Waals surface area contributed by atoms with E-state index in [1.807, 2.05) is 0 Å². The average molecular weight is 580 g/mol. The normalized spacial score (nSPS) is 17.5. The van der Waals surface area contributed by atoms with Gasteiger partial charge in [-0.1, -0.05) is 12.1 Å². The molecule has 0 radical (unpaired) electrons. The van der Waals surface area contributed by atoms with Crippen LogP contribution >= 0.6 is 0 Å². The van der Waals surface area contributed by atoms with E-state index in [0.29, 0.717) is 12.0 Å². The lowest BCUT2D eigenvalue weighted by Crippen LogP contribution is -2.57. The maximum Gasteiger partial charge on any atom is 0.248 e. The standard InChI is InChI=1S/C25H37N7O9/c1-13(26)22(38)31-18(12-34)25(41)32-8-2-3-19(32)24(40)28-10-20(36)29-16(9-14-4-6-15(35)7-5-14)23(39)30-17(11-33)21(27)37/h4-7,13,16-19,33-35H,2-3,8-12,26H2,1H3,(H2,27,37)(H,28,40)(H,29,36)(H,30,39)(H,31,38)/t13-,16?,17-,18-,19-/m0/s1. The summed E-state index contributed by atoms with van der Waals surface area (Å²) >= 11 is 0. The number of hydrogen-bond acceptors (Lipinski definition) is 10. The monoisotopic (exact) mass is 579 g/mol. The van der Waals surface area contributed by atoms with Gasteiger partial charge in [0, 0.05) is 13.0 Å². The number of likely N-dealkylation sites (tertiary alicyclic amines) is 1. The molecule has 1 heterocycles. The number of carbonyl (C=O) groups is 6. The van der Waals surface area contributed by atoms with Gasteiger partial charge in [0.05, 0.1) is 25.8 Å². The van der Waals surface area contributed by atoms with Crippen molar-refractivity contribution in [2.24, 2.45) is 11.5 Å². The highest BCUT2D eigenvalue weighted by molar-refractivity contribution is 5.95. The van der Waals surface area contributed by atoms with Gasteiger partial charge in [0.25, 0.3) is 0 Å². The first-order valence-corrected chi connectivity index (χ1v) is 12.9. The van der Waals surface area contributed by atoms with Crippen molar-refractivity contribution in [2.75, 3.05) is 26.3 Å². The molecule has 16 nitrogen and oxygen atoms in total. The number of amides is 6. The molecule has 0 spiro atoms. The third-order valence-electron chi connectivity index (χ3n) is 6.34. The number of aliphatic hydroxyl groups excluding tert-OH is 2. The molecule has 0 aliphatic carbocycles. The molecule has 0 bridgehead atoms. The number of hydrogen-bond donors (Lipinski definition) is 9. The van der Waals surface area contributed by atoms with Gasteiger partial charge in [-0.25, -0.2) is 0 Å². The van der Waals surface area contributed by atoms with Gasteiger partial charge in [0.1, 0.15) is 29.9 Å². The van der Waals surface area contributed by atoms with Crippen LogP contribution < -0.4 is 32.7 Å². The van der Waals surface area contributed by atoms with Crippen molar-refractivity contribution in [3.05, 3.63) is 29.8 Å². The second kappa shape index (κ2) is 15.5. The third kappa shape index (κ3) is 9.70. The quantitative estimate of drug-likeness (QED) is 0.102. The van der Waals surface area contributed by atoms with Crippen LogP contribution in [0.3, 0.4) is 0 Å². The fourth-order valence-corrected chi connectivity index (χ4v) is 4.08. The predicted molar refractivity (Wildman–Crippen MR) is 142 cm³/mol. The maximum atomic E-state index is 12.9. The number of nitrogens with one attached hydrogen (secondary N) is 4. The fourth-order valence-electron chi connectivity index (χ4n) is 4.08. The summed E-state index contributed by atoms with van der Waals surface area (Å²) in [4.78, 5) is 75.8. The minimum absolute atomic E-state index is 0.0170. The highest BCUT2D eigenvalue weighted by Gasteiger charge is 2.38. The summed E-state index contributed by atoms with van der Waals surface area (Å²) in [6, 6.07) is -0.0334. The molecule has 1 saturated heterocycles. The summed E-state index contributed by atoms with van der Waals surface area (Å²) in [7, 11) is 0.